The molecule has 0 spiro atoms. The number of fused-ring (bicyclic) bond motifs is 2. The van der Waals surface area contributed by atoms with Crippen LogP contribution in [-0.2, 0) is 14.4 Å². The van der Waals surface area contributed by atoms with Crippen LogP contribution >= 0.6 is 15.9 Å². The van der Waals surface area contributed by atoms with Crippen LogP contribution in [0.1, 0.15) is 26.2 Å². The molecule has 6 nitrogen and oxygen atoms in total. The predicted octanol–water partition coefficient (Wildman–Crippen LogP) is 0.831. The van der Waals surface area contributed by atoms with Gasteiger partial charge in [0, 0.05) is 15.8 Å². The molecule has 7 heteroatoms. The van der Waals surface area contributed by atoms with Gasteiger partial charge in [0.25, 0.3) is 0 Å². The van der Waals surface area contributed by atoms with Crippen LogP contribution in [0.2, 0.25) is 0 Å². The lowest BCUT2D eigenvalue weighted by atomic mass is 9.69. The van der Waals surface area contributed by atoms with Crippen LogP contribution < -0.4 is 16.4 Å². The van der Waals surface area contributed by atoms with E-state index in [0.29, 0.717) is 16.8 Å². The smallest absolute Gasteiger partial charge is 0.250 e. The molecule has 2 aliphatic heterocycles. The van der Waals surface area contributed by atoms with Gasteiger partial charge in [0.05, 0.1) is 29.3 Å². The number of Topliss-reactive ketones (excluding diaryl/α,β-unsaturated/α-hetero) is 1. The van der Waals surface area contributed by atoms with Crippen LogP contribution in [0.4, 0.5) is 0 Å². The summed E-state index contributed by atoms with van der Waals surface area (Å²) < 4.78 is 0. The molecule has 132 valence electrons. The number of alkyl halides is 1. The third-order valence-electron chi connectivity index (χ3n) is 5.93. The number of halogens is 1. The van der Waals surface area contributed by atoms with Crippen LogP contribution in [0.15, 0.2) is 35.1 Å². The van der Waals surface area contributed by atoms with Gasteiger partial charge in [0.1, 0.15) is 0 Å². The Labute approximate surface area is 154 Å². The summed E-state index contributed by atoms with van der Waals surface area (Å²) in [6, 6.07) is -0.252. The van der Waals surface area contributed by atoms with Gasteiger partial charge < -0.3 is 16.4 Å². The SMILES string of the molecule is C[C@]12CCCC(Br)C1NC(=O)/C2=C1\NC2C=CC(C(N)=O)=CC2C1=O. The molecule has 2 saturated heterocycles. The normalized spacial score (nSPS) is 42.4. The van der Waals surface area contributed by atoms with E-state index in [4.69, 9.17) is 5.73 Å². The fourth-order valence-electron chi connectivity index (χ4n) is 4.61. The molecule has 2 heterocycles. The maximum Gasteiger partial charge on any atom is 0.250 e. The minimum absolute atomic E-state index is 0.0132. The number of rotatable bonds is 1. The Bertz CT molecular complexity index is 784. The molecule has 4 rings (SSSR count). The minimum Gasteiger partial charge on any atom is -0.374 e. The summed E-state index contributed by atoms with van der Waals surface area (Å²) in [5, 5.41) is 6.28. The molecule has 0 aromatic carbocycles. The molecule has 4 unspecified atom stereocenters. The maximum atomic E-state index is 13.0. The highest BCUT2D eigenvalue weighted by Crippen LogP contribution is 2.50. The standard InChI is InChI=1S/C18H20BrN3O3/c1-18-6-2-3-10(19)15(18)22-17(25)12(18)13-14(23)9-7-8(16(20)24)4-5-11(9)21-13/h4-5,7,9-11,15,21H,2-3,6H2,1H3,(H2,20,24)(H,22,25)/b13-12+/t9?,10?,11?,15?,18-/m1/s1. The number of carbonyl (C=O) groups is 3. The van der Waals surface area contributed by atoms with E-state index in [2.05, 4.69) is 33.5 Å². The van der Waals surface area contributed by atoms with Gasteiger partial charge in [-0.3, -0.25) is 14.4 Å². The number of hydrogen-bond donors (Lipinski definition) is 3. The molecular formula is C18H20BrN3O3. The van der Waals surface area contributed by atoms with Crippen LogP contribution in [0.25, 0.3) is 0 Å². The Kier molecular flexibility index (Phi) is 3.68. The second kappa shape index (κ2) is 5.56. The quantitative estimate of drug-likeness (QED) is 0.444. The second-order valence-corrected chi connectivity index (χ2v) is 8.61. The lowest BCUT2D eigenvalue weighted by molar-refractivity contribution is -0.119. The lowest BCUT2D eigenvalue weighted by Crippen LogP contribution is -2.45. The fourth-order valence-corrected chi connectivity index (χ4v) is 5.65. The van der Waals surface area contributed by atoms with E-state index in [1.807, 2.05) is 0 Å². The fraction of sp³-hybridized carbons (Fsp3) is 0.500. The molecule has 0 aromatic rings. The molecule has 0 bridgehead atoms. The Hall–Kier alpha value is -1.89. The van der Waals surface area contributed by atoms with Crippen LogP contribution in [0.5, 0.6) is 0 Å². The number of allylic oxidation sites excluding steroid dienone is 1. The van der Waals surface area contributed by atoms with Gasteiger partial charge in [-0.25, -0.2) is 0 Å². The van der Waals surface area contributed by atoms with E-state index in [1.165, 1.54) is 0 Å². The number of nitrogens with one attached hydrogen (secondary N) is 2. The maximum absolute atomic E-state index is 13.0. The zero-order chi connectivity index (χ0) is 17.9. The van der Waals surface area contributed by atoms with Crippen LogP contribution in [-0.4, -0.2) is 34.5 Å². The van der Waals surface area contributed by atoms with E-state index in [-0.39, 0.29) is 34.0 Å². The Morgan fingerprint density at radius 3 is 2.84 bits per heavy atom. The average molecular weight is 406 g/mol. The first kappa shape index (κ1) is 16.6. The van der Waals surface area contributed by atoms with Crippen molar-refractivity contribution in [2.24, 2.45) is 17.1 Å². The molecule has 0 aromatic heterocycles. The molecule has 1 saturated carbocycles. The highest BCUT2D eigenvalue weighted by molar-refractivity contribution is 9.09. The van der Waals surface area contributed by atoms with Crippen molar-refractivity contribution in [2.45, 2.75) is 43.1 Å². The average Bonchev–Trinajstić information content (AvgIpc) is 3.01. The highest BCUT2D eigenvalue weighted by Gasteiger charge is 2.55. The summed E-state index contributed by atoms with van der Waals surface area (Å²) in [6.45, 7) is 2.06. The van der Waals surface area contributed by atoms with Crippen molar-refractivity contribution in [1.29, 1.82) is 0 Å². The first-order valence-electron chi connectivity index (χ1n) is 8.53. The highest BCUT2D eigenvalue weighted by atomic mass is 79.9. The Morgan fingerprint density at radius 1 is 1.36 bits per heavy atom. The van der Waals surface area contributed by atoms with Crippen molar-refractivity contribution in [3.8, 4) is 0 Å². The van der Waals surface area contributed by atoms with Crippen molar-refractivity contribution in [2.75, 3.05) is 0 Å². The topological polar surface area (TPSA) is 101 Å². The van der Waals surface area contributed by atoms with E-state index in [9.17, 15) is 14.4 Å². The Morgan fingerprint density at radius 2 is 2.12 bits per heavy atom. The second-order valence-electron chi connectivity index (χ2n) is 7.43. The molecule has 2 amide bonds. The molecule has 2 aliphatic carbocycles. The van der Waals surface area contributed by atoms with Crippen LogP contribution in [0, 0.1) is 11.3 Å². The first-order valence-corrected chi connectivity index (χ1v) is 9.45. The van der Waals surface area contributed by atoms with Gasteiger partial charge in [0.15, 0.2) is 5.78 Å². The lowest BCUT2D eigenvalue weighted by Gasteiger charge is -2.39. The number of amides is 2. The zero-order valence-corrected chi connectivity index (χ0v) is 15.4. The van der Waals surface area contributed by atoms with Gasteiger partial charge in [-0.1, -0.05) is 47.5 Å². The zero-order valence-electron chi connectivity index (χ0n) is 13.8. The van der Waals surface area contributed by atoms with Crippen molar-refractivity contribution in [3.05, 3.63) is 35.1 Å². The number of carbonyl (C=O) groups excluding carboxylic acids is 3. The number of ketones is 1. The molecule has 4 N–H and O–H groups in total. The van der Waals surface area contributed by atoms with E-state index in [0.717, 1.165) is 19.3 Å². The first-order chi connectivity index (χ1) is 11.8. The Balaban J connectivity index is 1.77. The summed E-state index contributed by atoms with van der Waals surface area (Å²) in [7, 11) is 0. The van der Waals surface area contributed by atoms with Gasteiger partial charge in [0.2, 0.25) is 11.8 Å². The summed E-state index contributed by atoms with van der Waals surface area (Å²) in [4.78, 5) is 37.3. The number of nitrogens with two attached hydrogens (primary N) is 1. The molecule has 4 aliphatic rings. The largest absolute Gasteiger partial charge is 0.374 e. The predicted molar refractivity (Wildman–Crippen MR) is 95.5 cm³/mol. The van der Waals surface area contributed by atoms with Gasteiger partial charge in [-0.15, -0.1) is 0 Å². The summed E-state index contributed by atoms with van der Waals surface area (Å²) in [5.41, 5.74) is 6.23. The van der Waals surface area contributed by atoms with Crippen molar-refractivity contribution >= 4 is 33.5 Å². The summed E-state index contributed by atoms with van der Waals surface area (Å²) >= 11 is 3.68. The number of primary amides is 1. The molecule has 5 atom stereocenters. The third kappa shape index (κ3) is 2.32. The van der Waals surface area contributed by atoms with Gasteiger partial charge in [-0.2, -0.15) is 0 Å². The van der Waals surface area contributed by atoms with Crippen molar-refractivity contribution < 1.29 is 14.4 Å². The minimum atomic E-state index is -0.552. The van der Waals surface area contributed by atoms with E-state index >= 15 is 0 Å². The van der Waals surface area contributed by atoms with E-state index in [1.54, 1.807) is 18.2 Å². The molecule has 3 fully saturated rings. The molecular weight excluding hydrogens is 386 g/mol. The van der Waals surface area contributed by atoms with Crippen molar-refractivity contribution in [3.63, 3.8) is 0 Å². The van der Waals surface area contributed by atoms with Crippen LogP contribution in [0.3, 0.4) is 0 Å². The molecule has 0 radical (unpaired) electrons. The molecule has 25 heavy (non-hydrogen) atoms. The summed E-state index contributed by atoms with van der Waals surface area (Å²) in [6.07, 6.45) is 7.88. The van der Waals surface area contributed by atoms with Gasteiger partial charge >= 0.3 is 0 Å². The van der Waals surface area contributed by atoms with Crippen molar-refractivity contribution in [1.82, 2.24) is 10.6 Å². The van der Waals surface area contributed by atoms with Gasteiger partial charge in [-0.05, 0) is 12.8 Å². The number of hydrogen-bond acceptors (Lipinski definition) is 4. The summed E-state index contributed by atoms with van der Waals surface area (Å²) in [5.74, 6) is -1.36. The van der Waals surface area contributed by atoms with E-state index < -0.39 is 11.8 Å². The third-order valence-corrected chi connectivity index (χ3v) is 6.92. The monoisotopic (exact) mass is 405 g/mol.